The van der Waals surface area contributed by atoms with Gasteiger partial charge in [-0.2, -0.15) is 16.9 Å². The molecule has 0 aromatic carbocycles. The molecule has 0 bridgehead atoms. The smallest absolute Gasteiger partial charge is 0.191 e. The molecule has 21 heavy (non-hydrogen) atoms. The Morgan fingerprint density at radius 2 is 2.29 bits per heavy atom. The Bertz CT molecular complexity index is 480. The molecule has 0 saturated carbocycles. The first kappa shape index (κ1) is 14.7. The molecule has 3 heterocycles. The van der Waals surface area contributed by atoms with E-state index in [1.165, 1.54) is 24.3 Å². The molecule has 2 aliphatic rings. The first-order chi connectivity index (χ1) is 10.3. The number of fused-ring (bicyclic) bond motifs is 1. The van der Waals surface area contributed by atoms with Gasteiger partial charge in [0.2, 0.25) is 0 Å². The summed E-state index contributed by atoms with van der Waals surface area (Å²) in [4.78, 5) is 8.62. The molecule has 3 rings (SSSR count). The number of nitrogens with zero attached hydrogens (tertiary/aromatic N) is 4. The minimum Gasteiger partial charge on any atom is -0.356 e. The SMILES string of the molecule is CN=C(NCC1CCSCC1)NC1CCc2ncnn2C1. The predicted molar refractivity (Wildman–Crippen MR) is 86.7 cm³/mol. The highest BCUT2D eigenvalue weighted by molar-refractivity contribution is 7.99. The monoisotopic (exact) mass is 308 g/mol. The van der Waals surface area contributed by atoms with Crippen LogP contribution in [0.15, 0.2) is 11.3 Å². The number of nitrogens with one attached hydrogen (secondary N) is 2. The minimum absolute atomic E-state index is 0.382. The molecule has 0 aliphatic carbocycles. The minimum atomic E-state index is 0.382. The first-order valence-corrected chi connectivity index (χ1v) is 8.92. The molecule has 1 aromatic rings. The summed E-state index contributed by atoms with van der Waals surface area (Å²) < 4.78 is 1.99. The third-order valence-corrected chi connectivity index (χ3v) is 5.32. The van der Waals surface area contributed by atoms with Gasteiger partial charge in [0.15, 0.2) is 5.96 Å². The summed E-state index contributed by atoms with van der Waals surface area (Å²) in [7, 11) is 1.84. The number of thioether (sulfide) groups is 1. The van der Waals surface area contributed by atoms with Crippen LogP contribution in [0, 0.1) is 5.92 Å². The zero-order valence-corrected chi connectivity index (χ0v) is 13.4. The van der Waals surface area contributed by atoms with Gasteiger partial charge in [-0.25, -0.2) is 9.67 Å². The molecule has 6 nitrogen and oxygen atoms in total. The Morgan fingerprint density at radius 3 is 3.10 bits per heavy atom. The Morgan fingerprint density at radius 1 is 1.43 bits per heavy atom. The number of aromatic nitrogens is 3. The quantitative estimate of drug-likeness (QED) is 0.641. The second kappa shape index (κ2) is 7.15. The van der Waals surface area contributed by atoms with Gasteiger partial charge in [-0.1, -0.05) is 0 Å². The fourth-order valence-electron chi connectivity index (χ4n) is 2.93. The van der Waals surface area contributed by atoms with Gasteiger partial charge in [0, 0.05) is 26.1 Å². The van der Waals surface area contributed by atoms with Crippen LogP contribution in [0.5, 0.6) is 0 Å². The summed E-state index contributed by atoms with van der Waals surface area (Å²) in [5, 5.41) is 11.3. The van der Waals surface area contributed by atoms with Gasteiger partial charge in [0.05, 0.1) is 6.54 Å². The second-order valence-electron chi connectivity index (χ2n) is 5.75. The van der Waals surface area contributed by atoms with Crippen LogP contribution in [0.2, 0.25) is 0 Å². The lowest BCUT2D eigenvalue weighted by atomic mass is 10.0. The average Bonchev–Trinajstić information content (AvgIpc) is 3.00. The van der Waals surface area contributed by atoms with Crippen LogP contribution in [0.25, 0.3) is 0 Å². The molecule has 2 N–H and O–H groups in total. The highest BCUT2D eigenvalue weighted by Gasteiger charge is 2.21. The van der Waals surface area contributed by atoms with Crippen LogP contribution in [-0.4, -0.2) is 51.9 Å². The first-order valence-electron chi connectivity index (χ1n) is 7.77. The molecule has 0 radical (unpaired) electrons. The van der Waals surface area contributed by atoms with Crippen molar-refractivity contribution < 1.29 is 0 Å². The van der Waals surface area contributed by atoms with Gasteiger partial charge in [-0.3, -0.25) is 4.99 Å². The van der Waals surface area contributed by atoms with Crippen molar-refractivity contribution >= 4 is 17.7 Å². The highest BCUT2D eigenvalue weighted by atomic mass is 32.2. The summed E-state index contributed by atoms with van der Waals surface area (Å²) in [5.74, 6) is 5.40. The van der Waals surface area contributed by atoms with E-state index < -0.39 is 0 Å². The van der Waals surface area contributed by atoms with Crippen molar-refractivity contribution in [2.24, 2.45) is 10.9 Å². The normalized spacial score (nSPS) is 23.7. The number of aryl methyl sites for hydroxylation is 1. The predicted octanol–water partition coefficient (Wildman–Crippen LogP) is 0.901. The number of hydrogen-bond acceptors (Lipinski definition) is 4. The Hall–Kier alpha value is -1.24. The Balaban J connectivity index is 1.46. The number of aliphatic imine (C=N–C) groups is 1. The number of rotatable bonds is 3. The van der Waals surface area contributed by atoms with Gasteiger partial charge in [0.25, 0.3) is 0 Å². The molecule has 7 heteroatoms. The molecule has 2 aliphatic heterocycles. The Labute approximate surface area is 130 Å². The highest BCUT2D eigenvalue weighted by Crippen LogP contribution is 2.21. The van der Waals surface area contributed by atoms with Crippen molar-refractivity contribution in [3.63, 3.8) is 0 Å². The maximum atomic E-state index is 4.35. The van der Waals surface area contributed by atoms with E-state index in [9.17, 15) is 0 Å². The van der Waals surface area contributed by atoms with E-state index in [1.54, 1.807) is 6.33 Å². The molecule has 1 unspecified atom stereocenters. The van der Waals surface area contributed by atoms with Crippen molar-refractivity contribution in [2.45, 2.75) is 38.3 Å². The van der Waals surface area contributed by atoms with Crippen LogP contribution in [0.4, 0.5) is 0 Å². The summed E-state index contributed by atoms with van der Waals surface area (Å²) >= 11 is 2.07. The van der Waals surface area contributed by atoms with Crippen LogP contribution < -0.4 is 10.6 Å². The fourth-order valence-corrected chi connectivity index (χ4v) is 4.14. The summed E-state index contributed by atoms with van der Waals surface area (Å²) in [5.41, 5.74) is 0. The lowest BCUT2D eigenvalue weighted by Gasteiger charge is -2.27. The van der Waals surface area contributed by atoms with E-state index in [4.69, 9.17) is 0 Å². The molecule has 0 amide bonds. The molecule has 1 fully saturated rings. The van der Waals surface area contributed by atoms with Crippen molar-refractivity contribution in [1.82, 2.24) is 25.4 Å². The average molecular weight is 308 g/mol. The lowest BCUT2D eigenvalue weighted by Crippen LogP contribution is -2.48. The van der Waals surface area contributed by atoms with Gasteiger partial charge >= 0.3 is 0 Å². The van der Waals surface area contributed by atoms with Gasteiger partial charge in [0.1, 0.15) is 12.2 Å². The fraction of sp³-hybridized carbons (Fsp3) is 0.786. The van der Waals surface area contributed by atoms with E-state index in [1.807, 2.05) is 11.7 Å². The van der Waals surface area contributed by atoms with Crippen LogP contribution >= 0.6 is 11.8 Å². The number of guanidine groups is 1. The van der Waals surface area contributed by atoms with E-state index in [0.29, 0.717) is 6.04 Å². The summed E-state index contributed by atoms with van der Waals surface area (Å²) in [6.07, 6.45) is 6.35. The van der Waals surface area contributed by atoms with Gasteiger partial charge in [-0.15, -0.1) is 0 Å². The maximum Gasteiger partial charge on any atom is 0.191 e. The largest absolute Gasteiger partial charge is 0.356 e. The third-order valence-electron chi connectivity index (χ3n) is 4.27. The summed E-state index contributed by atoms with van der Waals surface area (Å²) in [6, 6.07) is 0.382. The topological polar surface area (TPSA) is 67.1 Å². The van der Waals surface area contributed by atoms with Crippen LogP contribution in [0.3, 0.4) is 0 Å². The van der Waals surface area contributed by atoms with Crippen molar-refractivity contribution in [3.8, 4) is 0 Å². The van der Waals surface area contributed by atoms with Gasteiger partial charge in [-0.05, 0) is 36.7 Å². The van der Waals surface area contributed by atoms with Crippen LogP contribution in [-0.2, 0) is 13.0 Å². The lowest BCUT2D eigenvalue weighted by molar-refractivity contribution is 0.390. The van der Waals surface area contributed by atoms with E-state index in [0.717, 1.165) is 43.6 Å². The molecule has 1 saturated heterocycles. The molecule has 0 spiro atoms. The molecule has 1 atom stereocenters. The third kappa shape index (κ3) is 3.90. The standard InChI is InChI=1S/C14H24N6S/c1-15-14(16-8-11-4-6-21-7-5-11)19-12-2-3-13-17-10-18-20(13)9-12/h10-12H,2-9H2,1H3,(H2,15,16,19). The zero-order chi connectivity index (χ0) is 14.5. The number of hydrogen-bond donors (Lipinski definition) is 2. The second-order valence-corrected chi connectivity index (χ2v) is 6.97. The molecule has 116 valence electrons. The van der Waals surface area contributed by atoms with E-state index in [-0.39, 0.29) is 0 Å². The molecular formula is C14H24N6S. The molecular weight excluding hydrogens is 284 g/mol. The van der Waals surface area contributed by atoms with Crippen molar-refractivity contribution in [3.05, 3.63) is 12.2 Å². The van der Waals surface area contributed by atoms with Crippen molar-refractivity contribution in [2.75, 3.05) is 25.1 Å². The summed E-state index contributed by atoms with van der Waals surface area (Å²) in [6.45, 7) is 1.90. The van der Waals surface area contributed by atoms with E-state index >= 15 is 0 Å². The molecule has 1 aromatic heterocycles. The Kier molecular flexibility index (Phi) is 5.00. The maximum absolute atomic E-state index is 4.35. The van der Waals surface area contributed by atoms with Crippen molar-refractivity contribution in [1.29, 1.82) is 0 Å². The zero-order valence-electron chi connectivity index (χ0n) is 12.6. The van der Waals surface area contributed by atoms with E-state index in [2.05, 4.69) is 37.5 Å². The van der Waals surface area contributed by atoms with Crippen LogP contribution in [0.1, 0.15) is 25.1 Å². The van der Waals surface area contributed by atoms with Gasteiger partial charge < -0.3 is 10.6 Å².